The van der Waals surface area contributed by atoms with Gasteiger partial charge in [0.05, 0.1) is 0 Å². The van der Waals surface area contributed by atoms with Gasteiger partial charge in [-0.25, -0.2) is 0 Å². The summed E-state index contributed by atoms with van der Waals surface area (Å²) in [5.74, 6) is 1.58. The van der Waals surface area contributed by atoms with Crippen molar-refractivity contribution in [3.05, 3.63) is 29.3 Å². The van der Waals surface area contributed by atoms with Gasteiger partial charge in [0.2, 0.25) is 0 Å². The van der Waals surface area contributed by atoms with Crippen molar-refractivity contribution in [2.45, 2.75) is 33.1 Å². The van der Waals surface area contributed by atoms with Crippen LogP contribution in [0.2, 0.25) is 0 Å². The molecular formula is C17H28N2O. The maximum atomic E-state index is 5.90. The van der Waals surface area contributed by atoms with Gasteiger partial charge in [-0.1, -0.05) is 19.9 Å². The molecule has 1 aromatic rings. The van der Waals surface area contributed by atoms with E-state index in [2.05, 4.69) is 49.2 Å². The summed E-state index contributed by atoms with van der Waals surface area (Å²) in [6.45, 7) is 13.0. The smallest absolute Gasteiger partial charge is 0.119 e. The third kappa shape index (κ3) is 4.50. The van der Waals surface area contributed by atoms with E-state index in [1.807, 2.05) is 0 Å². The molecule has 1 heterocycles. The molecule has 0 aromatic heterocycles. The van der Waals surface area contributed by atoms with Crippen LogP contribution in [0.3, 0.4) is 0 Å². The average molecular weight is 276 g/mol. The van der Waals surface area contributed by atoms with E-state index in [9.17, 15) is 0 Å². The second-order valence-electron chi connectivity index (χ2n) is 5.97. The lowest BCUT2D eigenvalue weighted by atomic mass is 9.98. The first-order chi connectivity index (χ1) is 9.66. The van der Waals surface area contributed by atoms with E-state index >= 15 is 0 Å². The molecule has 0 unspecified atom stereocenters. The molecule has 1 N–H and O–H groups in total. The second kappa shape index (κ2) is 7.65. The molecule has 112 valence electrons. The van der Waals surface area contributed by atoms with E-state index in [0.717, 1.165) is 38.5 Å². The third-order valence-corrected chi connectivity index (χ3v) is 3.97. The zero-order valence-electron chi connectivity index (χ0n) is 13.1. The van der Waals surface area contributed by atoms with Gasteiger partial charge in [-0.15, -0.1) is 0 Å². The van der Waals surface area contributed by atoms with Gasteiger partial charge in [-0.3, -0.25) is 4.90 Å². The van der Waals surface area contributed by atoms with Gasteiger partial charge in [0.15, 0.2) is 0 Å². The summed E-state index contributed by atoms with van der Waals surface area (Å²) >= 11 is 0. The summed E-state index contributed by atoms with van der Waals surface area (Å²) in [5.41, 5.74) is 2.74. The molecule has 3 heteroatoms. The van der Waals surface area contributed by atoms with Crippen molar-refractivity contribution in [2.75, 3.05) is 39.3 Å². The molecule has 1 aliphatic rings. The average Bonchev–Trinajstić information content (AvgIpc) is 2.67. The fourth-order valence-electron chi connectivity index (χ4n) is 2.80. The van der Waals surface area contributed by atoms with Gasteiger partial charge in [0.25, 0.3) is 0 Å². The fourth-order valence-corrected chi connectivity index (χ4v) is 2.80. The van der Waals surface area contributed by atoms with E-state index in [1.165, 1.54) is 24.1 Å². The Hall–Kier alpha value is -1.06. The Morgan fingerprint density at radius 1 is 1.25 bits per heavy atom. The predicted molar refractivity (Wildman–Crippen MR) is 84.7 cm³/mol. The molecule has 2 rings (SSSR count). The summed E-state index contributed by atoms with van der Waals surface area (Å²) in [6.07, 6.45) is 1.24. The molecule has 1 aliphatic heterocycles. The molecule has 0 spiro atoms. The van der Waals surface area contributed by atoms with Crippen molar-refractivity contribution in [1.29, 1.82) is 0 Å². The Kier molecular flexibility index (Phi) is 5.86. The lowest BCUT2D eigenvalue weighted by molar-refractivity contribution is 0.217. The summed E-state index contributed by atoms with van der Waals surface area (Å²) in [6, 6.07) is 6.47. The van der Waals surface area contributed by atoms with Crippen LogP contribution in [0.1, 0.15) is 37.3 Å². The Labute approximate surface area is 123 Å². The van der Waals surface area contributed by atoms with Crippen LogP contribution in [-0.2, 0) is 0 Å². The van der Waals surface area contributed by atoms with Crippen LogP contribution >= 0.6 is 0 Å². The topological polar surface area (TPSA) is 24.5 Å². The molecular weight excluding hydrogens is 248 g/mol. The van der Waals surface area contributed by atoms with Crippen LogP contribution in [0.25, 0.3) is 0 Å². The molecule has 20 heavy (non-hydrogen) atoms. The molecule has 1 aromatic carbocycles. The minimum atomic E-state index is 0.577. The van der Waals surface area contributed by atoms with Crippen LogP contribution in [0.5, 0.6) is 5.75 Å². The molecule has 0 atom stereocenters. The Bertz CT molecular complexity index is 409. The van der Waals surface area contributed by atoms with Crippen LogP contribution in [0.15, 0.2) is 18.2 Å². The maximum absolute atomic E-state index is 5.90. The van der Waals surface area contributed by atoms with Crippen molar-refractivity contribution in [3.63, 3.8) is 0 Å². The normalized spacial score (nSPS) is 17.2. The van der Waals surface area contributed by atoms with Crippen molar-refractivity contribution in [3.8, 4) is 5.75 Å². The summed E-state index contributed by atoms with van der Waals surface area (Å²) in [4.78, 5) is 2.48. The molecule has 3 nitrogen and oxygen atoms in total. The number of hydrogen-bond acceptors (Lipinski definition) is 3. The Morgan fingerprint density at radius 3 is 2.85 bits per heavy atom. The van der Waals surface area contributed by atoms with Crippen molar-refractivity contribution >= 4 is 0 Å². The lowest BCUT2D eigenvalue weighted by Crippen LogP contribution is -2.31. The monoisotopic (exact) mass is 276 g/mol. The van der Waals surface area contributed by atoms with E-state index in [0.29, 0.717) is 5.92 Å². The largest absolute Gasteiger partial charge is 0.492 e. The summed E-state index contributed by atoms with van der Waals surface area (Å²) < 4.78 is 5.90. The van der Waals surface area contributed by atoms with Crippen molar-refractivity contribution < 1.29 is 4.74 Å². The Morgan fingerprint density at radius 2 is 2.10 bits per heavy atom. The third-order valence-electron chi connectivity index (χ3n) is 3.97. The number of benzene rings is 1. The Balaban J connectivity index is 1.80. The van der Waals surface area contributed by atoms with Crippen molar-refractivity contribution in [1.82, 2.24) is 10.2 Å². The summed E-state index contributed by atoms with van der Waals surface area (Å²) in [7, 11) is 0. The highest BCUT2D eigenvalue weighted by Gasteiger charge is 2.09. The first-order valence-corrected chi connectivity index (χ1v) is 7.83. The SMILES string of the molecule is Cc1cc(OCCN2CCCNCC2)ccc1C(C)C. The van der Waals surface area contributed by atoms with Gasteiger partial charge < -0.3 is 10.1 Å². The minimum absolute atomic E-state index is 0.577. The first kappa shape index (κ1) is 15.3. The van der Waals surface area contributed by atoms with E-state index in [-0.39, 0.29) is 0 Å². The molecule has 0 aliphatic carbocycles. The van der Waals surface area contributed by atoms with Gasteiger partial charge in [0.1, 0.15) is 12.4 Å². The fraction of sp³-hybridized carbons (Fsp3) is 0.647. The highest BCUT2D eigenvalue weighted by molar-refractivity contribution is 5.36. The number of nitrogens with one attached hydrogen (secondary N) is 1. The molecule has 0 saturated carbocycles. The van der Waals surface area contributed by atoms with E-state index in [1.54, 1.807) is 0 Å². The lowest BCUT2D eigenvalue weighted by Gasteiger charge is -2.19. The number of hydrogen-bond donors (Lipinski definition) is 1. The summed E-state index contributed by atoms with van der Waals surface area (Å²) in [5, 5.41) is 3.43. The molecule has 0 bridgehead atoms. The van der Waals surface area contributed by atoms with Crippen LogP contribution < -0.4 is 10.1 Å². The van der Waals surface area contributed by atoms with Gasteiger partial charge in [-0.2, -0.15) is 0 Å². The molecule has 1 saturated heterocycles. The van der Waals surface area contributed by atoms with Gasteiger partial charge >= 0.3 is 0 Å². The number of ether oxygens (including phenoxy) is 1. The van der Waals surface area contributed by atoms with Crippen LogP contribution in [0, 0.1) is 6.92 Å². The highest BCUT2D eigenvalue weighted by Crippen LogP contribution is 2.23. The number of aryl methyl sites for hydroxylation is 1. The molecule has 0 radical (unpaired) electrons. The maximum Gasteiger partial charge on any atom is 0.119 e. The van der Waals surface area contributed by atoms with Gasteiger partial charge in [-0.05, 0) is 55.6 Å². The highest BCUT2D eigenvalue weighted by atomic mass is 16.5. The number of nitrogens with zero attached hydrogens (tertiary/aromatic N) is 1. The van der Waals surface area contributed by atoms with Crippen LogP contribution in [-0.4, -0.2) is 44.2 Å². The quantitative estimate of drug-likeness (QED) is 0.895. The zero-order chi connectivity index (χ0) is 14.4. The van der Waals surface area contributed by atoms with Gasteiger partial charge in [0, 0.05) is 19.6 Å². The second-order valence-corrected chi connectivity index (χ2v) is 5.97. The van der Waals surface area contributed by atoms with E-state index in [4.69, 9.17) is 4.74 Å². The van der Waals surface area contributed by atoms with E-state index < -0.39 is 0 Å². The molecule has 1 fully saturated rings. The predicted octanol–water partition coefficient (Wildman–Crippen LogP) is 2.79. The minimum Gasteiger partial charge on any atom is -0.492 e. The molecule has 0 amide bonds. The van der Waals surface area contributed by atoms with Crippen LogP contribution in [0.4, 0.5) is 0 Å². The standard InChI is InChI=1S/C17H28N2O/c1-14(2)17-6-5-16(13-15(17)3)20-12-11-19-9-4-7-18-8-10-19/h5-6,13-14,18H,4,7-12H2,1-3H3. The van der Waals surface area contributed by atoms with Crippen molar-refractivity contribution in [2.24, 2.45) is 0 Å². The zero-order valence-corrected chi connectivity index (χ0v) is 13.1. The number of rotatable bonds is 5. The first-order valence-electron chi connectivity index (χ1n) is 7.83.